The molecule has 8 nitrogen and oxygen atoms in total. The molecule has 1 aliphatic heterocycles. The topological polar surface area (TPSA) is 116 Å². The van der Waals surface area contributed by atoms with Gasteiger partial charge in [-0.3, -0.25) is 19.7 Å². The van der Waals surface area contributed by atoms with E-state index in [1.54, 1.807) is 0 Å². The molecule has 0 aromatic rings. The van der Waals surface area contributed by atoms with Crippen LogP contribution in [0.25, 0.3) is 0 Å². The average Bonchev–Trinajstić information content (AvgIpc) is 2.80. The minimum absolute atomic E-state index is 0.152. The minimum Gasteiger partial charge on any atom is -0.481 e. The lowest BCUT2D eigenvalue weighted by molar-refractivity contribution is -0.140. The normalized spacial score (nSPS) is 24.6. The molecule has 1 saturated carbocycles. The van der Waals surface area contributed by atoms with Crippen LogP contribution in [0, 0.1) is 0 Å². The number of rotatable bonds is 3. The molecule has 21 heavy (non-hydrogen) atoms. The molecule has 2 fully saturated rings. The van der Waals surface area contributed by atoms with Crippen molar-refractivity contribution in [3.05, 3.63) is 0 Å². The number of carbonyl (C=O) groups is 4. The number of imide groups is 1. The van der Waals surface area contributed by atoms with Crippen molar-refractivity contribution in [2.75, 3.05) is 6.54 Å². The van der Waals surface area contributed by atoms with E-state index in [4.69, 9.17) is 5.11 Å². The zero-order valence-electron chi connectivity index (χ0n) is 11.8. The highest BCUT2D eigenvalue weighted by Gasteiger charge is 2.41. The van der Waals surface area contributed by atoms with Crippen LogP contribution in [-0.4, -0.2) is 51.9 Å². The molecule has 0 radical (unpaired) electrons. The van der Waals surface area contributed by atoms with Crippen molar-refractivity contribution in [1.29, 1.82) is 0 Å². The van der Waals surface area contributed by atoms with Gasteiger partial charge in [0.2, 0.25) is 11.8 Å². The van der Waals surface area contributed by atoms with E-state index in [1.165, 1.54) is 6.92 Å². The summed E-state index contributed by atoms with van der Waals surface area (Å²) in [5.74, 6) is -2.04. The first-order valence-corrected chi connectivity index (χ1v) is 6.97. The van der Waals surface area contributed by atoms with Gasteiger partial charge in [-0.2, -0.15) is 0 Å². The van der Waals surface area contributed by atoms with Gasteiger partial charge in [0, 0.05) is 0 Å². The molecule has 3 N–H and O–H groups in total. The molecule has 2 rings (SSSR count). The van der Waals surface area contributed by atoms with Crippen LogP contribution in [0.15, 0.2) is 0 Å². The molecule has 4 amide bonds. The van der Waals surface area contributed by atoms with E-state index in [0.717, 1.165) is 17.7 Å². The summed E-state index contributed by atoms with van der Waals surface area (Å²) in [4.78, 5) is 47.4. The predicted octanol–water partition coefficient (Wildman–Crippen LogP) is -0.170. The second-order valence-corrected chi connectivity index (χ2v) is 5.70. The Bertz CT molecular complexity index is 484. The lowest BCUT2D eigenvalue weighted by atomic mass is 9.93. The highest BCUT2D eigenvalue weighted by Crippen LogP contribution is 2.33. The van der Waals surface area contributed by atoms with Crippen molar-refractivity contribution in [3.8, 4) is 0 Å². The van der Waals surface area contributed by atoms with Gasteiger partial charge in [0.25, 0.3) is 0 Å². The summed E-state index contributed by atoms with van der Waals surface area (Å²) in [6.45, 7) is 1.32. The lowest BCUT2D eigenvalue weighted by Gasteiger charge is -2.36. The number of carboxylic acids is 1. The third-order valence-corrected chi connectivity index (χ3v) is 4.11. The van der Waals surface area contributed by atoms with Crippen LogP contribution in [-0.2, 0) is 14.4 Å². The zero-order chi connectivity index (χ0) is 15.6. The number of amides is 4. The molecule has 2 aliphatic rings. The Balaban J connectivity index is 2.09. The summed E-state index contributed by atoms with van der Waals surface area (Å²) in [5.41, 5.74) is -0.778. The Kier molecular flexibility index (Phi) is 4.15. The Labute approximate surface area is 121 Å². The number of piperazine rings is 1. The van der Waals surface area contributed by atoms with Crippen molar-refractivity contribution >= 4 is 23.8 Å². The van der Waals surface area contributed by atoms with Gasteiger partial charge in [0.1, 0.15) is 12.6 Å². The van der Waals surface area contributed by atoms with Crippen molar-refractivity contribution in [3.63, 3.8) is 0 Å². The molecular formula is C13H19N3O5. The Morgan fingerprint density at radius 3 is 2.57 bits per heavy atom. The van der Waals surface area contributed by atoms with Crippen LogP contribution in [0.2, 0.25) is 0 Å². The molecule has 1 saturated heterocycles. The number of aliphatic carboxylic acids is 1. The van der Waals surface area contributed by atoms with Crippen molar-refractivity contribution in [1.82, 2.24) is 15.5 Å². The third kappa shape index (κ3) is 3.32. The molecule has 1 heterocycles. The second-order valence-electron chi connectivity index (χ2n) is 5.70. The van der Waals surface area contributed by atoms with Crippen LogP contribution in [0.5, 0.6) is 0 Å². The average molecular weight is 297 g/mol. The van der Waals surface area contributed by atoms with E-state index in [1.807, 2.05) is 0 Å². The lowest BCUT2D eigenvalue weighted by Crippen LogP contribution is -2.63. The van der Waals surface area contributed by atoms with Gasteiger partial charge >= 0.3 is 12.0 Å². The summed E-state index contributed by atoms with van der Waals surface area (Å²) >= 11 is 0. The van der Waals surface area contributed by atoms with E-state index >= 15 is 0 Å². The maximum Gasteiger partial charge on any atom is 0.318 e. The smallest absolute Gasteiger partial charge is 0.318 e. The molecular weight excluding hydrogens is 278 g/mol. The summed E-state index contributed by atoms with van der Waals surface area (Å²) in [7, 11) is 0. The van der Waals surface area contributed by atoms with Gasteiger partial charge in [0.15, 0.2) is 0 Å². The molecule has 116 valence electrons. The van der Waals surface area contributed by atoms with Gasteiger partial charge in [-0.1, -0.05) is 12.8 Å². The monoisotopic (exact) mass is 297 g/mol. The number of carbonyl (C=O) groups excluding carboxylic acids is 3. The molecule has 8 heteroatoms. The minimum atomic E-state index is -0.974. The van der Waals surface area contributed by atoms with E-state index in [0.29, 0.717) is 12.8 Å². The molecule has 0 spiro atoms. The summed E-state index contributed by atoms with van der Waals surface area (Å²) in [5, 5.41) is 13.9. The Morgan fingerprint density at radius 2 is 2.00 bits per heavy atom. The maximum atomic E-state index is 12.3. The fraction of sp³-hybridized carbons (Fsp3) is 0.692. The number of nitrogens with one attached hydrogen (secondary N) is 2. The second kappa shape index (κ2) is 5.71. The quantitative estimate of drug-likeness (QED) is 0.625. The number of urea groups is 1. The van der Waals surface area contributed by atoms with Crippen molar-refractivity contribution in [2.45, 2.75) is 50.6 Å². The largest absolute Gasteiger partial charge is 0.481 e. The van der Waals surface area contributed by atoms with E-state index in [-0.39, 0.29) is 13.0 Å². The van der Waals surface area contributed by atoms with Gasteiger partial charge in [-0.15, -0.1) is 0 Å². The highest BCUT2D eigenvalue weighted by molar-refractivity contribution is 6.03. The molecule has 0 aromatic carbocycles. The van der Waals surface area contributed by atoms with E-state index in [9.17, 15) is 19.2 Å². The highest BCUT2D eigenvalue weighted by atomic mass is 16.4. The Hall–Kier alpha value is -2.12. The van der Waals surface area contributed by atoms with Gasteiger partial charge in [0.05, 0.1) is 12.0 Å². The molecule has 1 atom stereocenters. The van der Waals surface area contributed by atoms with Crippen molar-refractivity contribution in [2.24, 2.45) is 0 Å². The third-order valence-electron chi connectivity index (χ3n) is 4.11. The van der Waals surface area contributed by atoms with E-state index in [2.05, 4.69) is 10.6 Å². The SMILES string of the molecule is CC1C(=O)NC(=O)CN1C(=O)NC1(CC(=O)O)CCCC1. The molecule has 0 bridgehead atoms. The van der Waals surface area contributed by atoms with Gasteiger partial charge in [-0.25, -0.2) is 4.79 Å². The number of hydrogen-bond acceptors (Lipinski definition) is 4. The predicted molar refractivity (Wildman–Crippen MR) is 71.3 cm³/mol. The van der Waals surface area contributed by atoms with Gasteiger partial charge in [-0.05, 0) is 19.8 Å². The molecule has 1 aliphatic carbocycles. The summed E-state index contributed by atoms with van der Waals surface area (Å²) < 4.78 is 0. The van der Waals surface area contributed by atoms with Crippen molar-refractivity contribution < 1.29 is 24.3 Å². The standard InChI is InChI=1S/C13H19N3O5/c1-8-11(20)14-9(17)7-16(8)12(21)15-13(6-10(18)19)4-2-3-5-13/h8H,2-7H2,1H3,(H,15,21)(H,18,19)(H,14,17,20). The van der Waals surface area contributed by atoms with Crippen LogP contribution in [0.1, 0.15) is 39.0 Å². The first kappa shape index (κ1) is 15.3. The first-order valence-electron chi connectivity index (χ1n) is 6.97. The number of nitrogens with zero attached hydrogens (tertiary/aromatic N) is 1. The molecule has 0 aromatic heterocycles. The van der Waals surface area contributed by atoms with E-state index < -0.39 is 35.4 Å². The van der Waals surface area contributed by atoms with Crippen LogP contribution in [0.3, 0.4) is 0 Å². The zero-order valence-corrected chi connectivity index (χ0v) is 11.8. The maximum absolute atomic E-state index is 12.3. The fourth-order valence-corrected chi connectivity index (χ4v) is 2.95. The van der Waals surface area contributed by atoms with Crippen LogP contribution >= 0.6 is 0 Å². The van der Waals surface area contributed by atoms with Gasteiger partial charge < -0.3 is 15.3 Å². The van der Waals surface area contributed by atoms with Crippen LogP contribution in [0.4, 0.5) is 4.79 Å². The Morgan fingerprint density at radius 1 is 1.38 bits per heavy atom. The first-order chi connectivity index (χ1) is 9.83. The number of carboxylic acid groups (broad SMARTS) is 1. The fourth-order valence-electron chi connectivity index (χ4n) is 2.95. The summed E-state index contributed by atoms with van der Waals surface area (Å²) in [6, 6.07) is -1.32. The van der Waals surface area contributed by atoms with Crippen LogP contribution < -0.4 is 10.6 Å². The number of hydrogen-bond donors (Lipinski definition) is 3. The summed E-state index contributed by atoms with van der Waals surface area (Å²) in [6.07, 6.45) is 2.73. The molecule has 1 unspecified atom stereocenters.